The molecular weight excluding hydrogens is 277 g/mol. The topological polar surface area (TPSA) is 34.1 Å². The van der Waals surface area contributed by atoms with Crippen LogP contribution < -0.4 is 5.32 Å². The largest absolute Gasteiger partial charge is 0.411 e. The van der Waals surface area contributed by atoms with E-state index < -0.39 is 12.8 Å². The maximum atomic E-state index is 11.9. The molecule has 1 heterocycles. The highest BCUT2D eigenvalue weighted by atomic mass is 32.1. The Labute approximate surface area is 115 Å². The molecule has 19 heavy (non-hydrogen) atoms. The van der Waals surface area contributed by atoms with Gasteiger partial charge in [-0.15, -0.1) is 11.3 Å². The van der Waals surface area contributed by atoms with Crippen LogP contribution in [0.25, 0.3) is 0 Å². The molecule has 3 nitrogen and oxygen atoms in total. The second kappa shape index (κ2) is 7.21. The molecule has 0 atom stereocenters. The van der Waals surface area contributed by atoms with Crippen LogP contribution >= 0.6 is 11.3 Å². The zero-order valence-corrected chi connectivity index (χ0v) is 12.1. The highest BCUT2D eigenvalue weighted by Gasteiger charge is 2.27. The lowest BCUT2D eigenvalue weighted by molar-refractivity contribution is -0.173. The Morgan fingerprint density at radius 2 is 2.05 bits per heavy atom. The number of halogens is 3. The minimum absolute atomic E-state index is 0.0452. The first-order valence-electron chi connectivity index (χ1n) is 6.11. The number of alkyl halides is 3. The van der Waals surface area contributed by atoms with E-state index in [1.165, 1.54) is 11.3 Å². The lowest BCUT2D eigenvalue weighted by Gasteiger charge is -2.06. The van der Waals surface area contributed by atoms with Gasteiger partial charge >= 0.3 is 6.18 Å². The normalized spacial score (nSPS) is 12.4. The molecule has 1 aromatic heterocycles. The van der Waals surface area contributed by atoms with Crippen molar-refractivity contribution in [2.75, 3.05) is 13.2 Å². The number of hydrogen-bond donors (Lipinski definition) is 1. The first kappa shape index (κ1) is 16.4. The Morgan fingerprint density at radius 3 is 2.63 bits per heavy atom. The molecule has 0 aliphatic carbocycles. The summed E-state index contributed by atoms with van der Waals surface area (Å²) >= 11 is 1.52. The summed E-state index contributed by atoms with van der Waals surface area (Å²) < 4.78 is 40.2. The molecule has 0 unspecified atom stereocenters. The molecule has 0 aromatic carbocycles. The van der Waals surface area contributed by atoms with E-state index >= 15 is 0 Å². The van der Waals surface area contributed by atoms with E-state index in [1.807, 2.05) is 6.92 Å². The molecule has 1 N–H and O–H groups in total. The number of nitrogens with zero attached hydrogens (tertiary/aromatic N) is 1. The van der Waals surface area contributed by atoms with Gasteiger partial charge in [-0.1, -0.05) is 13.8 Å². The summed E-state index contributed by atoms with van der Waals surface area (Å²) in [6.07, 6.45) is -3.84. The van der Waals surface area contributed by atoms with Gasteiger partial charge in [-0.05, 0) is 6.92 Å². The molecule has 0 amide bonds. The molecule has 1 aromatic rings. The molecule has 0 fully saturated rings. The van der Waals surface area contributed by atoms with Crippen molar-refractivity contribution in [3.8, 4) is 0 Å². The molecule has 0 aliphatic heterocycles. The highest BCUT2D eigenvalue weighted by molar-refractivity contribution is 7.11. The lowest BCUT2D eigenvalue weighted by Crippen LogP contribution is -2.21. The van der Waals surface area contributed by atoms with Gasteiger partial charge in [0.2, 0.25) is 0 Å². The Balaban J connectivity index is 2.37. The molecule has 0 bridgehead atoms. The summed E-state index contributed by atoms with van der Waals surface area (Å²) in [6, 6.07) is 0.389. The number of aromatic nitrogens is 1. The van der Waals surface area contributed by atoms with Crippen LogP contribution in [0.5, 0.6) is 0 Å². The monoisotopic (exact) mass is 296 g/mol. The number of thiazole rings is 1. The minimum Gasteiger partial charge on any atom is -0.372 e. The van der Waals surface area contributed by atoms with Gasteiger partial charge < -0.3 is 10.1 Å². The first-order chi connectivity index (χ1) is 8.78. The van der Waals surface area contributed by atoms with Gasteiger partial charge in [0.05, 0.1) is 17.3 Å². The van der Waals surface area contributed by atoms with E-state index in [1.54, 1.807) is 0 Å². The number of ether oxygens (including phenoxy) is 1. The lowest BCUT2D eigenvalue weighted by atomic mass is 10.3. The Kier molecular flexibility index (Phi) is 6.22. The summed E-state index contributed by atoms with van der Waals surface area (Å²) in [6.45, 7) is 5.62. The second-order valence-electron chi connectivity index (χ2n) is 4.57. The van der Waals surface area contributed by atoms with Crippen molar-refractivity contribution in [1.82, 2.24) is 10.3 Å². The molecule has 0 spiro atoms. The molecule has 0 saturated heterocycles. The van der Waals surface area contributed by atoms with Gasteiger partial charge in [0.25, 0.3) is 0 Å². The van der Waals surface area contributed by atoms with E-state index in [4.69, 9.17) is 0 Å². The quantitative estimate of drug-likeness (QED) is 0.785. The maximum Gasteiger partial charge on any atom is 0.411 e. The fraction of sp³-hybridized carbons (Fsp3) is 0.750. The van der Waals surface area contributed by atoms with Gasteiger partial charge in [0.1, 0.15) is 6.61 Å². The van der Waals surface area contributed by atoms with Crippen LogP contribution in [-0.4, -0.2) is 30.4 Å². The fourth-order valence-electron chi connectivity index (χ4n) is 1.40. The van der Waals surface area contributed by atoms with Crippen LogP contribution in [0, 0.1) is 6.92 Å². The third-order valence-corrected chi connectivity index (χ3v) is 3.55. The van der Waals surface area contributed by atoms with Crippen LogP contribution in [0.2, 0.25) is 0 Å². The van der Waals surface area contributed by atoms with Crippen LogP contribution in [0.4, 0.5) is 13.2 Å². The van der Waals surface area contributed by atoms with Crippen LogP contribution in [0.15, 0.2) is 0 Å². The molecule has 7 heteroatoms. The van der Waals surface area contributed by atoms with Crippen molar-refractivity contribution < 1.29 is 17.9 Å². The van der Waals surface area contributed by atoms with Crippen molar-refractivity contribution in [3.05, 3.63) is 15.6 Å². The van der Waals surface area contributed by atoms with Crippen molar-refractivity contribution in [2.45, 2.75) is 46.0 Å². The minimum atomic E-state index is -4.26. The van der Waals surface area contributed by atoms with Crippen LogP contribution in [-0.2, 0) is 17.7 Å². The van der Waals surface area contributed by atoms with E-state index in [-0.39, 0.29) is 6.61 Å². The Bertz CT molecular complexity index is 391. The summed E-state index contributed by atoms with van der Waals surface area (Å²) in [5, 5.41) is 4.11. The molecule has 0 saturated carbocycles. The van der Waals surface area contributed by atoms with Gasteiger partial charge in [-0.2, -0.15) is 13.2 Å². The van der Waals surface area contributed by atoms with E-state index in [9.17, 15) is 13.2 Å². The average molecular weight is 296 g/mol. The number of rotatable bonds is 7. The maximum absolute atomic E-state index is 11.9. The van der Waals surface area contributed by atoms with E-state index in [0.29, 0.717) is 12.5 Å². The Morgan fingerprint density at radius 1 is 1.37 bits per heavy atom. The number of nitrogens with one attached hydrogen (secondary N) is 1. The third-order valence-electron chi connectivity index (χ3n) is 2.33. The zero-order chi connectivity index (χ0) is 14.5. The zero-order valence-electron chi connectivity index (χ0n) is 11.3. The highest BCUT2D eigenvalue weighted by Crippen LogP contribution is 2.19. The smallest absolute Gasteiger partial charge is 0.372 e. The van der Waals surface area contributed by atoms with Gasteiger partial charge in [-0.3, -0.25) is 0 Å². The predicted octanol–water partition coefficient (Wildman–Crippen LogP) is 3.07. The molecular formula is C12H19F3N2OS. The van der Waals surface area contributed by atoms with Crippen molar-refractivity contribution >= 4 is 11.3 Å². The summed E-state index contributed by atoms with van der Waals surface area (Å²) in [7, 11) is 0. The van der Waals surface area contributed by atoms with Crippen molar-refractivity contribution in [2.24, 2.45) is 0 Å². The summed E-state index contributed by atoms with van der Waals surface area (Å²) in [4.78, 5) is 5.46. The van der Waals surface area contributed by atoms with Gasteiger partial charge in [0.15, 0.2) is 0 Å². The summed E-state index contributed by atoms with van der Waals surface area (Å²) in [5.41, 5.74) is 0.934. The number of aryl methyl sites for hydroxylation is 1. The SMILES string of the molecule is Cc1nc(CCOCC(F)(F)F)sc1CNC(C)C. The van der Waals surface area contributed by atoms with Gasteiger partial charge in [-0.25, -0.2) is 4.98 Å². The molecule has 1 rings (SSSR count). The predicted molar refractivity (Wildman–Crippen MR) is 69.4 cm³/mol. The van der Waals surface area contributed by atoms with Gasteiger partial charge in [0, 0.05) is 23.9 Å². The van der Waals surface area contributed by atoms with E-state index in [0.717, 1.165) is 22.1 Å². The molecule has 110 valence electrons. The average Bonchev–Trinajstić information content (AvgIpc) is 2.61. The second-order valence-corrected chi connectivity index (χ2v) is 5.74. The molecule has 0 aliphatic rings. The van der Waals surface area contributed by atoms with Crippen LogP contribution in [0.1, 0.15) is 29.4 Å². The van der Waals surface area contributed by atoms with Crippen molar-refractivity contribution in [3.63, 3.8) is 0 Å². The Hall–Kier alpha value is -0.660. The fourth-order valence-corrected chi connectivity index (χ4v) is 2.40. The third kappa shape index (κ3) is 6.89. The standard InChI is InChI=1S/C12H19F3N2OS/c1-8(2)16-6-10-9(3)17-11(19-10)4-5-18-7-12(13,14)15/h8,16H,4-7H2,1-3H3. The van der Waals surface area contributed by atoms with Crippen LogP contribution in [0.3, 0.4) is 0 Å². The molecule has 0 radical (unpaired) electrons. The van der Waals surface area contributed by atoms with E-state index in [2.05, 4.69) is 28.9 Å². The first-order valence-corrected chi connectivity index (χ1v) is 6.92. The summed E-state index contributed by atoms with van der Waals surface area (Å²) in [5.74, 6) is 0. The number of hydrogen-bond acceptors (Lipinski definition) is 4. The van der Waals surface area contributed by atoms with Crippen molar-refractivity contribution in [1.29, 1.82) is 0 Å².